The number of rotatable bonds is 9. The Morgan fingerprint density at radius 2 is 1.79 bits per heavy atom. The Labute approximate surface area is 297 Å². The molecule has 0 radical (unpaired) electrons. The van der Waals surface area contributed by atoms with Gasteiger partial charge in [-0.1, -0.05) is 0 Å². The number of fused-ring (bicyclic) bond motifs is 1. The fourth-order valence-electron chi connectivity index (χ4n) is 8.56. The van der Waals surface area contributed by atoms with Crippen LogP contribution in [-0.2, 0) is 24.3 Å². The molecule has 2 aliphatic carbocycles. The molecule has 20 heteroatoms. The number of aliphatic hydroxyl groups is 1. The minimum atomic E-state index is -4.76. The molecule has 12 nitrogen and oxygen atoms in total. The van der Waals surface area contributed by atoms with Gasteiger partial charge in [-0.15, -0.1) is 0 Å². The minimum absolute atomic E-state index is 0.0309. The van der Waals surface area contributed by atoms with E-state index in [1.165, 1.54) is 27.7 Å². The maximum atomic E-state index is 14.2. The highest BCUT2D eigenvalue weighted by molar-refractivity contribution is 5.92. The zero-order chi connectivity index (χ0) is 38.1. The van der Waals surface area contributed by atoms with Gasteiger partial charge in [0.05, 0.1) is 35.2 Å². The maximum absolute atomic E-state index is 14.2. The lowest BCUT2D eigenvalue weighted by atomic mass is 9.55. The number of alkyl halides is 8. The molecular formula is C33H39F8N9O3. The van der Waals surface area contributed by atoms with Crippen LogP contribution in [0.2, 0.25) is 0 Å². The van der Waals surface area contributed by atoms with Gasteiger partial charge in [0.1, 0.15) is 5.69 Å². The summed E-state index contributed by atoms with van der Waals surface area (Å²) in [5, 5.41) is 24.0. The standard InChI is InChI=1S/C33H39F8N9O3/c1-2-49-24(5-8-43-49)27(52)46-25(18-3-6-31(34,35)7-4-18)23-13-50-28(45-23)44-22(12-48-16-29(17-48)14-30(53,15-29)33(39,40)41)21(47-50)10-19-9-20(32(36,37)38)11-42-26(19)51/h5,8,13,18-20,25,53H,2-4,6-7,9-12,14-17H2,1H3,(H,42,51)(H,46,52)/t19-,20-,25+/m1/s1. The van der Waals surface area contributed by atoms with Gasteiger partial charge in [-0.3, -0.25) is 19.2 Å². The molecule has 2 aliphatic heterocycles. The number of carbonyl (C=O) groups is 2. The van der Waals surface area contributed by atoms with Crippen LogP contribution >= 0.6 is 0 Å². The van der Waals surface area contributed by atoms with E-state index in [0.717, 1.165) is 0 Å². The average molecular weight is 762 g/mol. The third-order valence-corrected chi connectivity index (χ3v) is 11.3. The predicted molar refractivity (Wildman–Crippen MR) is 168 cm³/mol. The van der Waals surface area contributed by atoms with Gasteiger partial charge in [-0.05, 0) is 51.0 Å². The molecule has 0 unspecified atom stereocenters. The lowest BCUT2D eigenvalue weighted by Gasteiger charge is -2.62. The van der Waals surface area contributed by atoms with E-state index in [0.29, 0.717) is 6.54 Å². The summed E-state index contributed by atoms with van der Waals surface area (Å²) in [6, 6.07) is 0.667. The van der Waals surface area contributed by atoms with Crippen molar-refractivity contribution in [3.8, 4) is 0 Å². The van der Waals surface area contributed by atoms with Gasteiger partial charge >= 0.3 is 12.4 Å². The van der Waals surface area contributed by atoms with Crippen molar-refractivity contribution in [1.29, 1.82) is 0 Å². The van der Waals surface area contributed by atoms with E-state index >= 15 is 0 Å². The summed E-state index contributed by atoms with van der Waals surface area (Å²) in [6.07, 6.45) is -8.64. The van der Waals surface area contributed by atoms with Crippen LogP contribution in [0.1, 0.15) is 85.5 Å². The Morgan fingerprint density at radius 3 is 2.43 bits per heavy atom. The molecule has 0 bridgehead atoms. The topological polar surface area (TPSA) is 143 Å². The first-order valence-electron chi connectivity index (χ1n) is 17.6. The quantitative estimate of drug-likeness (QED) is 0.273. The Hall–Kier alpha value is -3.94. The Morgan fingerprint density at radius 1 is 1.09 bits per heavy atom. The normalized spacial score (nSPS) is 25.1. The molecule has 53 heavy (non-hydrogen) atoms. The Kier molecular flexibility index (Phi) is 9.25. The number of hydrogen-bond acceptors (Lipinski definition) is 8. The molecule has 0 aromatic carbocycles. The van der Waals surface area contributed by atoms with Crippen molar-refractivity contribution in [2.24, 2.45) is 23.2 Å². The Balaban J connectivity index is 1.19. The van der Waals surface area contributed by atoms with Crippen LogP contribution in [0.15, 0.2) is 18.5 Å². The molecule has 3 atom stereocenters. The number of imidazole rings is 1. The number of hydrogen-bond donors (Lipinski definition) is 3. The second-order valence-corrected chi connectivity index (χ2v) is 15.2. The van der Waals surface area contributed by atoms with Crippen LogP contribution in [0.3, 0.4) is 0 Å². The molecule has 290 valence electrons. The van der Waals surface area contributed by atoms with E-state index in [2.05, 4.69) is 30.8 Å². The molecule has 2 saturated carbocycles. The number of carbonyl (C=O) groups excluding carboxylic acids is 2. The minimum Gasteiger partial charge on any atom is -0.380 e. The fraction of sp³-hybridized carbons (Fsp3) is 0.697. The first-order chi connectivity index (χ1) is 24.8. The Bertz CT molecular complexity index is 1850. The van der Waals surface area contributed by atoms with Gasteiger partial charge in [0, 0.05) is 69.5 Å². The molecule has 3 N–H and O–H groups in total. The van der Waals surface area contributed by atoms with Crippen molar-refractivity contribution in [3.63, 3.8) is 0 Å². The molecule has 3 aromatic rings. The van der Waals surface area contributed by atoms with Gasteiger partial charge in [0.25, 0.3) is 11.7 Å². The van der Waals surface area contributed by atoms with E-state index in [9.17, 15) is 49.8 Å². The zero-order valence-electron chi connectivity index (χ0n) is 28.7. The van der Waals surface area contributed by atoms with Crippen molar-refractivity contribution in [3.05, 3.63) is 41.2 Å². The monoisotopic (exact) mass is 761 g/mol. The van der Waals surface area contributed by atoms with Gasteiger partial charge in [0.2, 0.25) is 11.8 Å². The second kappa shape index (κ2) is 13.1. The van der Waals surface area contributed by atoms with Crippen LogP contribution in [0, 0.1) is 23.2 Å². The number of piperidine rings is 1. The van der Waals surface area contributed by atoms with E-state index in [1.807, 2.05) is 0 Å². The van der Waals surface area contributed by atoms with Crippen LogP contribution in [-0.4, -0.2) is 94.7 Å². The summed E-state index contributed by atoms with van der Waals surface area (Å²) in [6.45, 7) is 2.07. The summed E-state index contributed by atoms with van der Waals surface area (Å²) < 4.78 is 112. The van der Waals surface area contributed by atoms with Crippen LogP contribution in [0.4, 0.5) is 35.1 Å². The summed E-state index contributed by atoms with van der Waals surface area (Å²) in [5.41, 5.74) is -2.57. The van der Waals surface area contributed by atoms with Crippen LogP contribution in [0.5, 0.6) is 0 Å². The summed E-state index contributed by atoms with van der Waals surface area (Å²) in [4.78, 5) is 37.3. The molecule has 3 aromatic heterocycles. The molecule has 2 amide bonds. The van der Waals surface area contributed by atoms with E-state index in [-0.39, 0.29) is 67.5 Å². The highest BCUT2D eigenvalue weighted by Crippen LogP contribution is 2.59. The van der Waals surface area contributed by atoms with Gasteiger partial charge in [-0.2, -0.15) is 36.5 Å². The maximum Gasteiger partial charge on any atom is 0.417 e. The second-order valence-electron chi connectivity index (χ2n) is 15.2. The van der Waals surface area contributed by atoms with Crippen molar-refractivity contribution in [2.45, 2.75) is 101 Å². The summed E-state index contributed by atoms with van der Waals surface area (Å²) >= 11 is 0. The van der Waals surface area contributed by atoms with E-state index in [1.54, 1.807) is 11.8 Å². The molecular weight excluding hydrogens is 722 g/mol. The van der Waals surface area contributed by atoms with Crippen molar-refractivity contribution >= 4 is 17.6 Å². The number of nitrogens with one attached hydrogen (secondary N) is 2. The third-order valence-electron chi connectivity index (χ3n) is 11.3. The molecule has 4 aliphatic rings. The first kappa shape index (κ1) is 37.4. The smallest absolute Gasteiger partial charge is 0.380 e. The van der Waals surface area contributed by atoms with Crippen LogP contribution in [0.25, 0.3) is 5.78 Å². The highest BCUT2D eigenvalue weighted by Gasteiger charge is 2.69. The van der Waals surface area contributed by atoms with E-state index in [4.69, 9.17) is 0 Å². The molecule has 2 saturated heterocycles. The van der Waals surface area contributed by atoms with Gasteiger partial charge < -0.3 is 15.7 Å². The third kappa shape index (κ3) is 7.32. The highest BCUT2D eigenvalue weighted by atomic mass is 19.4. The van der Waals surface area contributed by atoms with Gasteiger partial charge in [-0.25, -0.2) is 23.3 Å². The number of nitrogens with zero attached hydrogens (tertiary/aromatic N) is 7. The summed E-state index contributed by atoms with van der Waals surface area (Å²) in [5.74, 6) is -7.24. The zero-order valence-corrected chi connectivity index (χ0v) is 28.7. The first-order valence-corrected chi connectivity index (χ1v) is 17.6. The largest absolute Gasteiger partial charge is 0.417 e. The predicted octanol–water partition coefficient (Wildman–Crippen LogP) is 4.38. The number of aryl methyl sites for hydroxylation is 1. The van der Waals surface area contributed by atoms with Crippen molar-refractivity contribution < 1.29 is 49.8 Å². The lowest BCUT2D eigenvalue weighted by Crippen LogP contribution is -2.71. The number of likely N-dealkylation sites (tertiary alicyclic amines) is 1. The van der Waals surface area contributed by atoms with Crippen LogP contribution < -0.4 is 10.6 Å². The molecule has 5 heterocycles. The fourth-order valence-corrected chi connectivity index (χ4v) is 8.56. The van der Waals surface area contributed by atoms with Gasteiger partial charge in [0.15, 0.2) is 5.60 Å². The number of halogens is 8. The number of aromatic nitrogens is 6. The summed E-state index contributed by atoms with van der Waals surface area (Å²) in [7, 11) is 0. The average Bonchev–Trinajstić information content (AvgIpc) is 3.69. The van der Waals surface area contributed by atoms with E-state index < -0.39 is 104 Å². The SMILES string of the molecule is CCn1nccc1C(=O)N[C@H](c1cn2nc(C[C@H]3C[C@@H](C(F)(F)F)CNC3=O)c(CN3CC4(C3)CC(O)(C(F)(F)F)C4)nc2n1)C1CCC(F)(F)CC1. The number of amides is 2. The van der Waals surface area contributed by atoms with Crippen molar-refractivity contribution in [2.75, 3.05) is 19.6 Å². The molecule has 1 spiro atoms. The lowest BCUT2D eigenvalue weighted by molar-refractivity contribution is -0.332. The molecule has 7 rings (SSSR count). The van der Waals surface area contributed by atoms with Crippen molar-refractivity contribution in [1.82, 2.24) is 44.9 Å². The molecule has 4 fully saturated rings.